The second-order valence-electron chi connectivity index (χ2n) is 6.61. The Bertz CT molecular complexity index is 652. The van der Waals surface area contributed by atoms with Crippen molar-refractivity contribution in [2.45, 2.75) is 45.1 Å². The van der Waals surface area contributed by atoms with Crippen LogP contribution in [0.25, 0.3) is 0 Å². The number of aromatic amines is 1. The third-order valence-corrected chi connectivity index (χ3v) is 5.71. The van der Waals surface area contributed by atoms with Crippen molar-refractivity contribution in [1.82, 2.24) is 20.4 Å². The number of H-pyrrole nitrogens is 1. The van der Waals surface area contributed by atoms with Gasteiger partial charge >= 0.3 is 0 Å². The van der Waals surface area contributed by atoms with Gasteiger partial charge < -0.3 is 5.32 Å². The van der Waals surface area contributed by atoms with Crippen molar-refractivity contribution in [3.05, 3.63) is 39.8 Å². The van der Waals surface area contributed by atoms with E-state index in [0.29, 0.717) is 12.5 Å². The van der Waals surface area contributed by atoms with Gasteiger partial charge in [0, 0.05) is 29.6 Å². The summed E-state index contributed by atoms with van der Waals surface area (Å²) in [5, 5.41) is 12.6. The minimum absolute atomic E-state index is 0.0869. The lowest BCUT2D eigenvalue weighted by Gasteiger charge is -2.35. The van der Waals surface area contributed by atoms with E-state index in [1.807, 2.05) is 13.8 Å². The minimum atomic E-state index is -0.0869. The number of aromatic nitrogens is 2. The molecule has 0 radical (unpaired) electrons. The summed E-state index contributed by atoms with van der Waals surface area (Å²) in [5.41, 5.74) is 2.23. The number of likely N-dealkylation sites (tertiary alicyclic amines) is 1. The monoisotopic (exact) mass is 346 g/mol. The summed E-state index contributed by atoms with van der Waals surface area (Å²) >= 11 is 1.74. The summed E-state index contributed by atoms with van der Waals surface area (Å²) in [4.78, 5) is 16.1. The minimum Gasteiger partial charge on any atom is -0.354 e. The van der Waals surface area contributed by atoms with E-state index in [1.165, 1.54) is 4.88 Å². The average molecular weight is 347 g/mol. The fraction of sp³-hybridized carbons (Fsp3) is 0.556. The smallest absolute Gasteiger partial charge is 0.237 e. The highest BCUT2D eigenvalue weighted by atomic mass is 32.1. The predicted molar refractivity (Wildman–Crippen MR) is 97.4 cm³/mol. The fourth-order valence-corrected chi connectivity index (χ4v) is 4.03. The van der Waals surface area contributed by atoms with Gasteiger partial charge in [-0.3, -0.25) is 14.8 Å². The highest BCUT2D eigenvalue weighted by Crippen LogP contribution is 2.27. The van der Waals surface area contributed by atoms with Gasteiger partial charge in [0.05, 0.1) is 11.7 Å². The summed E-state index contributed by atoms with van der Waals surface area (Å²) in [6.07, 6.45) is 3.17. The lowest BCUT2D eigenvalue weighted by molar-refractivity contribution is -0.126. The zero-order valence-electron chi connectivity index (χ0n) is 14.4. The van der Waals surface area contributed by atoms with Gasteiger partial charge in [0.25, 0.3) is 0 Å². The Hall–Kier alpha value is -1.66. The lowest BCUT2D eigenvalue weighted by atomic mass is 9.93. The van der Waals surface area contributed by atoms with Gasteiger partial charge in [0.2, 0.25) is 5.91 Å². The van der Waals surface area contributed by atoms with Crippen molar-refractivity contribution >= 4 is 17.2 Å². The third-order valence-electron chi connectivity index (χ3n) is 4.77. The maximum Gasteiger partial charge on any atom is 0.237 e. The number of piperidine rings is 1. The van der Waals surface area contributed by atoms with E-state index in [1.54, 1.807) is 11.3 Å². The zero-order chi connectivity index (χ0) is 16.9. The maximum atomic E-state index is 12.4. The van der Waals surface area contributed by atoms with Crippen LogP contribution in [0.5, 0.6) is 0 Å². The normalized spacial score (nSPS) is 20.0. The Morgan fingerprint density at radius 3 is 3.17 bits per heavy atom. The maximum absolute atomic E-state index is 12.4. The van der Waals surface area contributed by atoms with Crippen LogP contribution in [0.4, 0.5) is 0 Å². The van der Waals surface area contributed by atoms with Crippen LogP contribution in [0.15, 0.2) is 23.6 Å². The molecule has 2 atom stereocenters. The van der Waals surface area contributed by atoms with Gasteiger partial charge in [-0.05, 0) is 57.2 Å². The molecule has 5 nitrogen and oxygen atoms in total. The summed E-state index contributed by atoms with van der Waals surface area (Å²) in [7, 11) is 0. The summed E-state index contributed by atoms with van der Waals surface area (Å²) in [6.45, 7) is 6.64. The highest BCUT2D eigenvalue weighted by Gasteiger charge is 2.28. The number of rotatable bonds is 6. The van der Waals surface area contributed by atoms with Crippen molar-refractivity contribution in [2.24, 2.45) is 0 Å². The number of hydrogen-bond donors (Lipinski definition) is 2. The van der Waals surface area contributed by atoms with Crippen LogP contribution < -0.4 is 5.32 Å². The molecule has 3 heterocycles. The number of carbonyl (C=O) groups is 1. The van der Waals surface area contributed by atoms with Gasteiger partial charge in [-0.25, -0.2) is 0 Å². The molecule has 24 heavy (non-hydrogen) atoms. The van der Waals surface area contributed by atoms with Gasteiger partial charge in [0.1, 0.15) is 0 Å². The molecule has 1 amide bonds. The Morgan fingerprint density at radius 1 is 1.58 bits per heavy atom. The van der Waals surface area contributed by atoms with Crippen molar-refractivity contribution in [3.63, 3.8) is 0 Å². The van der Waals surface area contributed by atoms with E-state index in [0.717, 1.165) is 43.7 Å². The van der Waals surface area contributed by atoms with E-state index in [-0.39, 0.29) is 11.9 Å². The average Bonchev–Trinajstić information content (AvgIpc) is 3.26. The summed E-state index contributed by atoms with van der Waals surface area (Å²) < 4.78 is 0. The molecule has 0 saturated carbocycles. The topological polar surface area (TPSA) is 61.0 Å². The molecule has 1 aliphatic rings. The van der Waals surface area contributed by atoms with Crippen LogP contribution in [0.3, 0.4) is 0 Å². The highest BCUT2D eigenvalue weighted by molar-refractivity contribution is 7.09. The van der Waals surface area contributed by atoms with E-state index in [2.05, 4.69) is 44.0 Å². The molecule has 3 rings (SSSR count). The van der Waals surface area contributed by atoms with E-state index in [4.69, 9.17) is 0 Å². The Morgan fingerprint density at radius 2 is 2.46 bits per heavy atom. The SMILES string of the molecule is Cc1cc([C@H]2CCCN([C@H](C)C(=O)NCCc3cccs3)C2)n[nH]1. The van der Waals surface area contributed by atoms with Crippen molar-refractivity contribution in [3.8, 4) is 0 Å². The second-order valence-corrected chi connectivity index (χ2v) is 7.64. The Balaban J connectivity index is 1.49. The first-order valence-corrected chi connectivity index (χ1v) is 9.57. The number of nitrogens with zero attached hydrogens (tertiary/aromatic N) is 2. The van der Waals surface area contributed by atoms with Gasteiger partial charge in [-0.2, -0.15) is 5.10 Å². The van der Waals surface area contributed by atoms with Crippen LogP contribution in [0.2, 0.25) is 0 Å². The molecule has 6 heteroatoms. The standard InChI is InChI=1S/C18H26N4OS/c1-13-11-17(21-20-13)15-5-3-9-22(12-15)14(2)18(23)19-8-7-16-6-4-10-24-16/h4,6,10-11,14-15H,3,5,7-9,12H2,1-2H3,(H,19,23)(H,20,21)/t14-,15+/m1/s1. The Labute approximate surface area is 147 Å². The van der Waals surface area contributed by atoms with Crippen LogP contribution in [0.1, 0.15) is 41.9 Å². The first kappa shape index (κ1) is 17.2. The van der Waals surface area contributed by atoms with Gasteiger partial charge in [-0.15, -0.1) is 11.3 Å². The molecular weight excluding hydrogens is 320 g/mol. The molecule has 0 spiro atoms. The first-order chi connectivity index (χ1) is 11.6. The van der Waals surface area contributed by atoms with Gasteiger partial charge in [0.15, 0.2) is 0 Å². The molecule has 1 fully saturated rings. The second kappa shape index (κ2) is 7.94. The molecule has 2 aromatic rings. The van der Waals surface area contributed by atoms with Crippen LogP contribution in [-0.4, -0.2) is 46.7 Å². The Kier molecular flexibility index (Phi) is 5.68. The third kappa shape index (κ3) is 4.24. The summed E-state index contributed by atoms with van der Waals surface area (Å²) in [6, 6.07) is 6.20. The summed E-state index contributed by atoms with van der Waals surface area (Å²) in [5.74, 6) is 0.551. The predicted octanol–water partition coefficient (Wildman–Crippen LogP) is 2.71. The van der Waals surface area contributed by atoms with Crippen molar-refractivity contribution in [2.75, 3.05) is 19.6 Å². The number of nitrogens with one attached hydrogen (secondary N) is 2. The van der Waals surface area contributed by atoms with Crippen molar-refractivity contribution < 1.29 is 4.79 Å². The van der Waals surface area contributed by atoms with E-state index >= 15 is 0 Å². The molecule has 2 N–H and O–H groups in total. The van der Waals surface area contributed by atoms with Crippen LogP contribution in [-0.2, 0) is 11.2 Å². The zero-order valence-corrected chi connectivity index (χ0v) is 15.2. The molecule has 1 saturated heterocycles. The number of thiophene rings is 1. The molecule has 130 valence electrons. The molecule has 2 aromatic heterocycles. The molecule has 0 bridgehead atoms. The molecule has 0 aliphatic carbocycles. The number of carbonyl (C=O) groups excluding carboxylic acids is 1. The first-order valence-electron chi connectivity index (χ1n) is 8.69. The molecule has 0 unspecified atom stereocenters. The molecule has 0 aromatic carbocycles. The quantitative estimate of drug-likeness (QED) is 0.845. The van der Waals surface area contributed by atoms with Crippen LogP contribution >= 0.6 is 11.3 Å². The van der Waals surface area contributed by atoms with E-state index < -0.39 is 0 Å². The molecular formula is C18H26N4OS. The largest absolute Gasteiger partial charge is 0.354 e. The van der Waals surface area contributed by atoms with Crippen LogP contribution in [0, 0.1) is 6.92 Å². The number of amides is 1. The van der Waals surface area contributed by atoms with E-state index in [9.17, 15) is 4.79 Å². The fourth-order valence-electron chi connectivity index (χ4n) is 3.33. The number of hydrogen-bond acceptors (Lipinski definition) is 4. The molecule has 1 aliphatic heterocycles. The number of aryl methyl sites for hydroxylation is 1. The van der Waals surface area contributed by atoms with Crippen molar-refractivity contribution in [1.29, 1.82) is 0 Å². The lowest BCUT2D eigenvalue weighted by Crippen LogP contribution is -2.49. The van der Waals surface area contributed by atoms with Gasteiger partial charge in [-0.1, -0.05) is 6.07 Å².